The van der Waals surface area contributed by atoms with Gasteiger partial charge in [-0.15, -0.1) is 0 Å². The summed E-state index contributed by atoms with van der Waals surface area (Å²) in [6, 6.07) is 14.0. The van der Waals surface area contributed by atoms with E-state index in [0.29, 0.717) is 5.69 Å². The van der Waals surface area contributed by atoms with Crippen LogP contribution in [0.25, 0.3) is 5.69 Å². The first kappa shape index (κ1) is 13.5. The lowest BCUT2D eigenvalue weighted by atomic mass is 10.1. The van der Waals surface area contributed by atoms with Gasteiger partial charge in [-0.1, -0.05) is 24.3 Å². The van der Waals surface area contributed by atoms with Crippen LogP contribution >= 0.6 is 0 Å². The number of rotatable bonds is 3. The van der Waals surface area contributed by atoms with E-state index in [1.54, 1.807) is 16.9 Å². The molecule has 0 spiro atoms. The summed E-state index contributed by atoms with van der Waals surface area (Å²) in [6.45, 7) is 0. The Morgan fingerprint density at radius 2 is 1.76 bits per heavy atom. The Bertz CT molecular complexity index is 756. The number of benzene rings is 2. The highest BCUT2D eigenvalue weighted by molar-refractivity contribution is 5.32. The van der Waals surface area contributed by atoms with E-state index in [1.165, 1.54) is 6.07 Å². The van der Waals surface area contributed by atoms with Crippen LogP contribution in [0.2, 0.25) is 0 Å². The first-order chi connectivity index (χ1) is 10.1. The molecule has 3 rings (SSSR count). The Morgan fingerprint density at radius 3 is 2.48 bits per heavy atom. The van der Waals surface area contributed by atoms with Gasteiger partial charge in [0.05, 0.1) is 11.4 Å². The van der Waals surface area contributed by atoms with Gasteiger partial charge >= 0.3 is 0 Å². The molecule has 0 bridgehead atoms. The summed E-state index contributed by atoms with van der Waals surface area (Å²) in [5, 5.41) is 14.4. The molecule has 3 aromatic rings. The second-order valence-corrected chi connectivity index (χ2v) is 4.59. The number of aliphatic hydroxyl groups excluding tert-OH is 1. The van der Waals surface area contributed by atoms with Crippen molar-refractivity contribution < 1.29 is 13.9 Å². The fourth-order valence-corrected chi connectivity index (χ4v) is 2.09. The fourth-order valence-electron chi connectivity index (χ4n) is 2.09. The first-order valence-electron chi connectivity index (χ1n) is 6.39. The predicted octanol–water partition coefficient (Wildman–Crippen LogP) is 3.23. The molecule has 3 nitrogen and oxygen atoms in total. The number of hydrogen-bond donors (Lipinski definition) is 1. The lowest BCUT2D eigenvalue weighted by molar-refractivity contribution is 0.209. The number of para-hydroxylation sites is 1. The van der Waals surface area contributed by atoms with Gasteiger partial charge in [-0.25, -0.2) is 13.5 Å². The fraction of sp³-hybridized carbons (Fsp3) is 0.0625. The zero-order valence-corrected chi connectivity index (χ0v) is 10.9. The Morgan fingerprint density at radius 1 is 1.00 bits per heavy atom. The Hall–Kier alpha value is -2.53. The first-order valence-corrected chi connectivity index (χ1v) is 6.39. The molecule has 1 heterocycles. The van der Waals surface area contributed by atoms with Crippen molar-refractivity contribution in [2.45, 2.75) is 6.10 Å². The molecule has 0 amide bonds. The van der Waals surface area contributed by atoms with Crippen molar-refractivity contribution >= 4 is 0 Å². The molecule has 0 radical (unpaired) electrons. The van der Waals surface area contributed by atoms with Crippen molar-refractivity contribution in [1.29, 1.82) is 0 Å². The largest absolute Gasteiger partial charge is 0.382 e. The summed E-state index contributed by atoms with van der Waals surface area (Å²) in [5.74, 6) is -1.48. The van der Waals surface area contributed by atoms with Gasteiger partial charge in [-0.2, -0.15) is 5.10 Å². The van der Waals surface area contributed by atoms with E-state index in [4.69, 9.17) is 0 Å². The average molecular weight is 286 g/mol. The highest BCUT2D eigenvalue weighted by atomic mass is 19.1. The van der Waals surface area contributed by atoms with E-state index in [9.17, 15) is 13.9 Å². The lowest BCUT2D eigenvalue weighted by Gasteiger charge is -2.09. The molecule has 0 fully saturated rings. The molecule has 5 heteroatoms. The zero-order chi connectivity index (χ0) is 14.8. The molecule has 106 valence electrons. The number of hydrogen-bond acceptors (Lipinski definition) is 2. The molecule has 0 saturated heterocycles. The molecule has 0 aliphatic carbocycles. The van der Waals surface area contributed by atoms with Crippen LogP contribution in [0.1, 0.15) is 17.4 Å². The van der Waals surface area contributed by atoms with Crippen molar-refractivity contribution in [3.05, 3.63) is 83.7 Å². The quantitative estimate of drug-likeness (QED) is 0.802. The van der Waals surface area contributed by atoms with Crippen molar-refractivity contribution in [2.24, 2.45) is 0 Å². The van der Waals surface area contributed by atoms with Crippen molar-refractivity contribution in [1.82, 2.24) is 9.78 Å². The third-order valence-corrected chi connectivity index (χ3v) is 3.17. The molecular weight excluding hydrogens is 274 g/mol. The highest BCUT2D eigenvalue weighted by Crippen LogP contribution is 2.24. The predicted molar refractivity (Wildman–Crippen MR) is 74.0 cm³/mol. The van der Waals surface area contributed by atoms with Crippen molar-refractivity contribution in [3.8, 4) is 5.69 Å². The molecule has 1 unspecified atom stereocenters. The van der Waals surface area contributed by atoms with E-state index < -0.39 is 17.7 Å². The third-order valence-electron chi connectivity index (χ3n) is 3.17. The van der Waals surface area contributed by atoms with Crippen LogP contribution in [-0.2, 0) is 0 Å². The van der Waals surface area contributed by atoms with Gasteiger partial charge in [0.1, 0.15) is 17.7 Å². The summed E-state index contributed by atoms with van der Waals surface area (Å²) in [5.41, 5.74) is 1.12. The summed E-state index contributed by atoms with van der Waals surface area (Å²) in [4.78, 5) is 0. The second kappa shape index (κ2) is 5.46. The third kappa shape index (κ3) is 2.68. The Labute approximate surface area is 120 Å². The maximum atomic E-state index is 13.7. The maximum Gasteiger partial charge on any atom is 0.132 e. The van der Waals surface area contributed by atoms with E-state index in [2.05, 4.69) is 5.10 Å². The number of aromatic nitrogens is 2. The van der Waals surface area contributed by atoms with Gasteiger partial charge in [-0.05, 0) is 24.3 Å². The Kier molecular flexibility index (Phi) is 3.50. The van der Waals surface area contributed by atoms with Crippen LogP contribution in [0.5, 0.6) is 0 Å². The average Bonchev–Trinajstić information content (AvgIpc) is 2.97. The molecule has 1 N–H and O–H groups in total. The van der Waals surface area contributed by atoms with Crippen LogP contribution in [0, 0.1) is 11.6 Å². The van der Waals surface area contributed by atoms with Gasteiger partial charge in [0, 0.05) is 17.8 Å². The minimum atomic E-state index is -1.24. The monoisotopic (exact) mass is 286 g/mol. The van der Waals surface area contributed by atoms with E-state index in [-0.39, 0.29) is 5.56 Å². The minimum absolute atomic E-state index is 0.00490. The molecule has 0 aliphatic heterocycles. The summed E-state index contributed by atoms with van der Waals surface area (Å²) >= 11 is 0. The molecule has 2 aromatic carbocycles. The molecule has 1 atom stereocenters. The number of halogens is 2. The van der Waals surface area contributed by atoms with E-state index in [1.807, 2.05) is 30.3 Å². The van der Waals surface area contributed by atoms with Gasteiger partial charge in [0.2, 0.25) is 0 Å². The molecular formula is C16H12F2N2O. The molecule has 0 aliphatic rings. The SMILES string of the molecule is OC(c1ccn(-c2ccccc2)n1)c1ccc(F)cc1F. The summed E-state index contributed by atoms with van der Waals surface area (Å²) < 4.78 is 28.2. The topological polar surface area (TPSA) is 38.0 Å². The Balaban J connectivity index is 1.92. The van der Waals surface area contributed by atoms with Crippen LogP contribution in [-0.4, -0.2) is 14.9 Å². The molecule has 21 heavy (non-hydrogen) atoms. The molecule has 1 aromatic heterocycles. The minimum Gasteiger partial charge on any atom is -0.382 e. The standard InChI is InChI=1S/C16H12F2N2O/c17-11-6-7-13(14(18)10-11)16(21)15-8-9-20(19-15)12-4-2-1-3-5-12/h1-10,16,21H. The van der Waals surface area contributed by atoms with Crippen LogP contribution in [0.3, 0.4) is 0 Å². The second-order valence-electron chi connectivity index (χ2n) is 4.59. The van der Waals surface area contributed by atoms with E-state index >= 15 is 0 Å². The molecule has 0 saturated carbocycles. The maximum absolute atomic E-state index is 13.7. The van der Waals surface area contributed by atoms with Crippen LogP contribution in [0.15, 0.2) is 60.8 Å². The van der Waals surface area contributed by atoms with Gasteiger partial charge in [-0.3, -0.25) is 0 Å². The highest BCUT2D eigenvalue weighted by Gasteiger charge is 2.18. The van der Waals surface area contributed by atoms with E-state index in [0.717, 1.165) is 17.8 Å². The smallest absolute Gasteiger partial charge is 0.132 e. The number of aliphatic hydroxyl groups is 1. The summed E-state index contributed by atoms with van der Waals surface area (Å²) in [6.07, 6.45) is 0.436. The number of nitrogens with zero attached hydrogens (tertiary/aromatic N) is 2. The zero-order valence-electron chi connectivity index (χ0n) is 10.9. The lowest BCUT2D eigenvalue weighted by Crippen LogP contribution is -2.05. The van der Waals surface area contributed by atoms with Gasteiger partial charge < -0.3 is 5.11 Å². The van der Waals surface area contributed by atoms with Crippen LogP contribution < -0.4 is 0 Å². The van der Waals surface area contributed by atoms with Gasteiger partial charge in [0.15, 0.2) is 0 Å². The van der Waals surface area contributed by atoms with Crippen molar-refractivity contribution in [2.75, 3.05) is 0 Å². The summed E-state index contributed by atoms with van der Waals surface area (Å²) in [7, 11) is 0. The normalized spacial score (nSPS) is 12.3. The van der Waals surface area contributed by atoms with Gasteiger partial charge in [0.25, 0.3) is 0 Å². The van der Waals surface area contributed by atoms with Crippen LogP contribution in [0.4, 0.5) is 8.78 Å². The van der Waals surface area contributed by atoms with Crippen molar-refractivity contribution in [3.63, 3.8) is 0 Å².